The molecule has 2 nitrogen and oxygen atoms in total. The predicted octanol–water partition coefficient (Wildman–Crippen LogP) is 3.40. The lowest BCUT2D eigenvalue weighted by atomic mass is 9.70. The lowest BCUT2D eigenvalue weighted by Crippen LogP contribution is -2.48. The van der Waals surface area contributed by atoms with E-state index >= 15 is 0 Å². The third-order valence-corrected chi connectivity index (χ3v) is 3.96. The molecule has 0 spiro atoms. The minimum Gasteiger partial charge on any atom is -0.376 e. The highest BCUT2D eigenvalue weighted by Crippen LogP contribution is 2.41. The molecule has 1 saturated carbocycles. The second-order valence-electron chi connectivity index (χ2n) is 6.41. The zero-order chi connectivity index (χ0) is 11.8. The minimum absolute atomic E-state index is 0.0539. The molecule has 94 valence electrons. The van der Waals surface area contributed by atoms with Crippen molar-refractivity contribution in [3.8, 4) is 0 Å². The van der Waals surface area contributed by atoms with Crippen LogP contribution in [-0.4, -0.2) is 24.4 Å². The number of rotatable bonds is 2. The molecule has 0 aromatic heterocycles. The van der Waals surface area contributed by atoms with Crippen molar-refractivity contribution in [2.24, 2.45) is 11.8 Å². The van der Waals surface area contributed by atoms with E-state index in [-0.39, 0.29) is 11.7 Å². The fourth-order valence-corrected chi connectivity index (χ4v) is 2.96. The summed E-state index contributed by atoms with van der Waals surface area (Å²) in [5, 5.41) is 0. The van der Waals surface area contributed by atoms with Crippen molar-refractivity contribution >= 4 is 0 Å². The van der Waals surface area contributed by atoms with E-state index in [0.29, 0.717) is 6.10 Å². The lowest BCUT2D eigenvalue weighted by Gasteiger charge is -2.46. The highest BCUT2D eigenvalue weighted by Gasteiger charge is 2.41. The van der Waals surface area contributed by atoms with Gasteiger partial charge in [-0.2, -0.15) is 0 Å². The molecule has 0 bridgehead atoms. The van der Waals surface area contributed by atoms with Crippen LogP contribution < -0.4 is 0 Å². The van der Waals surface area contributed by atoms with Crippen LogP contribution >= 0.6 is 0 Å². The maximum atomic E-state index is 6.24. The Bertz CT molecular complexity index is 227. The SMILES string of the molecule is CC1OCCC(C2CCC2)C1OC(C)(C)C. The average Bonchev–Trinajstić information content (AvgIpc) is 2.06. The Morgan fingerprint density at radius 3 is 2.31 bits per heavy atom. The van der Waals surface area contributed by atoms with Gasteiger partial charge in [0.25, 0.3) is 0 Å². The molecule has 1 aliphatic carbocycles. The molecule has 0 aromatic carbocycles. The Morgan fingerprint density at radius 2 is 1.81 bits per heavy atom. The van der Waals surface area contributed by atoms with Crippen LogP contribution in [0.5, 0.6) is 0 Å². The molecule has 1 heterocycles. The van der Waals surface area contributed by atoms with E-state index in [2.05, 4.69) is 27.7 Å². The summed E-state index contributed by atoms with van der Waals surface area (Å²) >= 11 is 0. The quantitative estimate of drug-likeness (QED) is 0.718. The van der Waals surface area contributed by atoms with Crippen molar-refractivity contribution < 1.29 is 9.47 Å². The molecule has 0 radical (unpaired) electrons. The summed E-state index contributed by atoms with van der Waals surface area (Å²) < 4.78 is 12.0. The summed E-state index contributed by atoms with van der Waals surface area (Å²) in [5.41, 5.74) is -0.0539. The first-order valence-corrected chi connectivity index (χ1v) is 6.77. The van der Waals surface area contributed by atoms with Gasteiger partial charge >= 0.3 is 0 Å². The normalized spacial score (nSPS) is 37.1. The van der Waals surface area contributed by atoms with Crippen LogP contribution in [0.1, 0.15) is 53.4 Å². The molecule has 2 aliphatic rings. The van der Waals surface area contributed by atoms with Crippen LogP contribution in [0, 0.1) is 11.8 Å². The Labute approximate surface area is 99.7 Å². The van der Waals surface area contributed by atoms with Crippen molar-refractivity contribution in [2.45, 2.75) is 71.2 Å². The van der Waals surface area contributed by atoms with Crippen LogP contribution in [0.3, 0.4) is 0 Å². The molecular weight excluding hydrogens is 200 g/mol. The fourth-order valence-electron chi connectivity index (χ4n) is 2.96. The van der Waals surface area contributed by atoms with E-state index in [1.807, 2.05) is 0 Å². The summed E-state index contributed by atoms with van der Waals surface area (Å²) in [5.74, 6) is 1.63. The highest BCUT2D eigenvalue weighted by atomic mass is 16.6. The van der Waals surface area contributed by atoms with Gasteiger partial charge in [-0.25, -0.2) is 0 Å². The van der Waals surface area contributed by atoms with Gasteiger partial charge in [0.2, 0.25) is 0 Å². The standard InChI is InChI=1S/C14H26O2/c1-10-13(16-14(2,3)4)12(8-9-15-10)11-6-5-7-11/h10-13H,5-9H2,1-4H3. The summed E-state index contributed by atoms with van der Waals surface area (Å²) in [6.07, 6.45) is 5.98. The van der Waals surface area contributed by atoms with E-state index in [0.717, 1.165) is 18.4 Å². The van der Waals surface area contributed by atoms with E-state index in [4.69, 9.17) is 9.47 Å². The Kier molecular flexibility index (Phi) is 3.60. The first-order valence-electron chi connectivity index (χ1n) is 6.77. The molecule has 16 heavy (non-hydrogen) atoms. The van der Waals surface area contributed by atoms with Gasteiger partial charge in [0.05, 0.1) is 17.8 Å². The average molecular weight is 226 g/mol. The molecule has 1 saturated heterocycles. The Hall–Kier alpha value is -0.0800. The fraction of sp³-hybridized carbons (Fsp3) is 1.00. The third-order valence-electron chi connectivity index (χ3n) is 3.96. The van der Waals surface area contributed by atoms with Gasteiger partial charge in [-0.15, -0.1) is 0 Å². The van der Waals surface area contributed by atoms with Gasteiger partial charge in [-0.1, -0.05) is 19.3 Å². The summed E-state index contributed by atoms with van der Waals surface area (Å²) in [6.45, 7) is 9.53. The smallest absolute Gasteiger partial charge is 0.0872 e. The van der Waals surface area contributed by atoms with Gasteiger partial charge in [0.1, 0.15) is 0 Å². The van der Waals surface area contributed by atoms with Crippen molar-refractivity contribution in [1.82, 2.24) is 0 Å². The molecule has 3 atom stereocenters. The number of ether oxygens (including phenoxy) is 2. The molecule has 0 N–H and O–H groups in total. The van der Waals surface area contributed by atoms with E-state index in [1.54, 1.807) is 0 Å². The molecule has 1 aliphatic heterocycles. The molecular formula is C14H26O2. The number of hydrogen-bond acceptors (Lipinski definition) is 2. The van der Waals surface area contributed by atoms with E-state index in [1.165, 1.54) is 25.7 Å². The molecule has 0 amide bonds. The lowest BCUT2D eigenvalue weighted by molar-refractivity contribution is -0.186. The monoisotopic (exact) mass is 226 g/mol. The van der Waals surface area contributed by atoms with Crippen LogP contribution in [0.25, 0.3) is 0 Å². The predicted molar refractivity (Wildman–Crippen MR) is 65.5 cm³/mol. The maximum Gasteiger partial charge on any atom is 0.0872 e. The molecule has 3 unspecified atom stereocenters. The second-order valence-corrected chi connectivity index (χ2v) is 6.41. The topological polar surface area (TPSA) is 18.5 Å². The summed E-state index contributed by atoms with van der Waals surface area (Å²) in [4.78, 5) is 0. The van der Waals surface area contributed by atoms with Crippen LogP contribution in [0.4, 0.5) is 0 Å². The number of hydrogen-bond donors (Lipinski definition) is 0. The second kappa shape index (κ2) is 4.66. The maximum absolute atomic E-state index is 6.24. The molecule has 0 aromatic rings. The zero-order valence-electron chi connectivity index (χ0n) is 11.2. The van der Waals surface area contributed by atoms with Gasteiger partial charge in [0.15, 0.2) is 0 Å². The largest absolute Gasteiger partial charge is 0.376 e. The first-order chi connectivity index (χ1) is 7.47. The zero-order valence-corrected chi connectivity index (χ0v) is 11.2. The Morgan fingerprint density at radius 1 is 1.12 bits per heavy atom. The Balaban J connectivity index is 2.01. The van der Waals surface area contributed by atoms with Crippen molar-refractivity contribution in [1.29, 1.82) is 0 Å². The van der Waals surface area contributed by atoms with Gasteiger partial charge in [0, 0.05) is 6.61 Å². The van der Waals surface area contributed by atoms with Gasteiger partial charge < -0.3 is 9.47 Å². The molecule has 2 rings (SSSR count). The van der Waals surface area contributed by atoms with Crippen molar-refractivity contribution in [2.75, 3.05) is 6.61 Å². The molecule has 2 fully saturated rings. The summed E-state index contributed by atoms with van der Waals surface area (Å²) in [6, 6.07) is 0. The van der Waals surface area contributed by atoms with Crippen LogP contribution in [0.15, 0.2) is 0 Å². The third kappa shape index (κ3) is 2.78. The first kappa shape index (κ1) is 12.4. The van der Waals surface area contributed by atoms with Crippen molar-refractivity contribution in [3.63, 3.8) is 0 Å². The minimum atomic E-state index is -0.0539. The van der Waals surface area contributed by atoms with E-state index < -0.39 is 0 Å². The van der Waals surface area contributed by atoms with Crippen LogP contribution in [0.2, 0.25) is 0 Å². The highest BCUT2D eigenvalue weighted by molar-refractivity contribution is 4.89. The van der Waals surface area contributed by atoms with Gasteiger partial charge in [-0.3, -0.25) is 0 Å². The van der Waals surface area contributed by atoms with Crippen molar-refractivity contribution in [3.05, 3.63) is 0 Å². The van der Waals surface area contributed by atoms with Gasteiger partial charge in [-0.05, 0) is 46.0 Å². The van der Waals surface area contributed by atoms with Crippen LogP contribution in [-0.2, 0) is 9.47 Å². The molecule has 2 heteroatoms. The summed E-state index contributed by atoms with van der Waals surface area (Å²) in [7, 11) is 0. The van der Waals surface area contributed by atoms with E-state index in [9.17, 15) is 0 Å².